The summed E-state index contributed by atoms with van der Waals surface area (Å²) in [6, 6.07) is 8.18. The predicted molar refractivity (Wildman–Crippen MR) is 82.3 cm³/mol. The second kappa shape index (κ2) is 5.41. The van der Waals surface area contributed by atoms with Crippen molar-refractivity contribution in [2.75, 3.05) is 5.32 Å². The molecule has 0 aliphatic rings. The number of anilines is 1. The standard InChI is InChI=1S/C14H17BrN2S/c1-14(2,3)13-17-12(9-18-13)8-16-11-6-4-10(15)5-7-11/h4-7,9,16H,8H2,1-3H3. The summed E-state index contributed by atoms with van der Waals surface area (Å²) in [6.07, 6.45) is 0. The van der Waals surface area contributed by atoms with E-state index in [-0.39, 0.29) is 5.41 Å². The van der Waals surface area contributed by atoms with Crippen molar-refractivity contribution in [3.05, 3.63) is 44.8 Å². The van der Waals surface area contributed by atoms with Crippen LogP contribution in [0.2, 0.25) is 0 Å². The highest BCUT2D eigenvalue weighted by Crippen LogP contribution is 2.25. The fourth-order valence-corrected chi connectivity index (χ4v) is 2.66. The van der Waals surface area contributed by atoms with Crippen LogP contribution in [0.25, 0.3) is 0 Å². The SMILES string of the molecule is CC(C)(C)c1nc(CNc2ccc(Br)cc2)cs1. The Hall–Kier alpha value is -0.870. The highest BCUT2D eigenvalue weighted by atomic mass is 79.9. The molecule has 2 rings (SSSR count). The number of thiazole rings is 1. The van der Waals surface area contributed by atoms with Gasteiger partial charge in [-0.3, -0.25) is 0 Å². The Bertz CT molecular complexity index is 511. The maximum Gasteiger partial charge on any atom is 0.0982 e. The summed E-state index contributed by atoms with van der Waals surface area (Å²) in [4.78, 5) is 4.66. The maximum absolute atomic E-state index is 4.66. The first-order valence-electron chi connectivity index (χ1n) is 5.89. The Balaban J connectivity index is 1.98. The zero-order valence-electron chi connectivity index (χ0n) is 10.8. The Labute approximate surface area is 121 Å². The summed E-state index contributed by atoms with van der Waals surface area (Å²) in [5.41, 5.74) is 2.36. The average Bonchev–Trinajstić information content (AvgIpc) is 2.77. The monoisotopic (exact) mass is 324 g/mol. The molecule has 0 aliphatic heterocycles. The van der Waals surface area contributed by atoms with Crippen LogP contribution in [0.4, 0.5) is 5.69 Å². The summed E-state index contributed by atoms with van der Waals surface area (Å²) in [5.74, 6) is 0. The van der Waals surface area contributed by atoms with E-state index in [1.807, 2.05) is 12.1 Å². The third kappa shape index (κ3) is 3.56. The molecule has 0 amide bonds. The van der Waals surface area contributed by atoms with E-state index in [1.54, 1.807) is 11.3 Å². The smallest absolute Gasteiger partial charge is 0.0982 e. The van der Waals surface area contributed by atoms with Crippen LogP contribution in [0.1, 0.15) is 31.5 Å². The van der Waals surface area contributed by atoms with Gasteiger partial charge in [-0.15, -0.1) is 11.3 Å². The van der Waals surface area contributed by atoms with Crippen LogP contribution in [0, 0.1) is 0 Å². The lowest BCUT2D eigenvalue weighted by atomic mass is 9.98. The van der Waals surface area contributed by atoms with Gasteiger partial charge in [-0.1, -0.05) is 36.7 Å². The first-order chi connectivity index (χ1) is 8.45. The lowest BCUT2D eigenvalue weighted by Crippen LogP contribution is -2.11. The zero-order chi connectivity index (χ0) is 13.2. The van der Waals surface area contributed by atoms with Crippen molar-refractivity contribution in [1.29, 1.82) is 0 Å². The predicted octanol–water partition coefficient (Wildman–Crippen LogP) is 4.82. The van der Waals surface area contributed by atoms with Gasteiger partial charge in [0.05, 0.1) is 17.2 Å². The van der Waals surface area contributed by atoms with E-state index < -0.39 is 0 Å². The van der Waals surface area contributed by atoms with Gasteiger partial charge in [0.15, 0.2) is 0 Å². The van der Waals surface area contributed by atoms with E-state index in [9.17, 15) is 0 Å². The molecule has 0 spiro atoms. The van der Waals surface area contributed by atoms with E-state index in [0.717, 1.165) is 22.4 Å². The summed E-state index contributed by atoms with van der Waals surface area (Å²) in [5, 5.41) is 6.70. The minimum absolute atomic E-state index is 0.139. The van der Waals surface area contributed by atoms with Crippen molar-refractivity contribution >= 4 is 33.0 Å². The molecule has 2 nitrogen and oxygen atoms in total. The number of hydrogen-bond donors (Lipinski definition) is 1. The molecule has 0 saturated heterocycles. The average molecular weight is 325 g/mol. The van der Waals surface area contributed by atoms with Crippen LogP contribution in [-0.4, -0.2) is 4.98 Å². The zero-order valence-corrected chi connectivity index (χ0v) is 13.2. The normalized spacial score (nSPS) is 11.6. The maximum atomic E-state index is 4.66. The van der Waals surface area contributed by atoms with Crippen molar-refractivity contribution in [2.24, 2.45) is 0 Å². The van der Waals surface area contributed by atoms with E-state index in [4.69, 9.17) is 0 Å². The lowest BCUT2D eigenvalue weighted by molar-refractivity contribution is 0.583. The molecule has 0 bridgehead atoms. The molecule has 1 N–H and O–H groups in total. The number of hydrogen-bond acceptors (Lipinski definition) is 3. The molecule has 0 aliphatic carbocycles. The van der Waals surface area contributed by atoms with Gasteiger partial charge < -0.3 is 5.32 Å². The molecule has 0 atom stereocenters. The largest absolute Gasteiger partial charge is 0.379 e. The molecule has 0 saturated carbocycles. The van der Waals surface area contributed by atoms with E-state index >= 15 is 0 Å². The van der Waals surface area contributed by atoms with Gasteiger partial charge in [0.25, 0.3) is 0 Å². The van der Waals surface area contributed by atoms with Crippen LogP contribution < -0.4 is 5.32 Å². The highest BCUT2D eigenvalue weighted by Gasteiger charge is 2.17. The molecular weight excluding hydrogens is 308 g/mol. The Morgan fingerprint density at radius 2 is 1.89 bits per heavy atom. The number of nitrogens with zero attached hydrogens (tertiary/aromatic N) is 1. The van der Waals surface area contributed by atoms with Crippen LogP contribution in [0.5, 0.6) is 0 Å². The number of aromatic nitrogens is 1. The summed E-state index contributed by atoms with van der Waals surface area (Å²) >= 11 is 5.16. The topological polar surface area (TPSA) is 24.9 Å². The number of rotatable bonds is 3. The van der Waals surface area contributed by atoms with Crippen molar-refractivity contribution in [2.45, 2.75) is 32.7 Å². The van der Waals surface area contributed by atoms with Crippen LogP contribution in [0.15, 0.2) is 34.1 Å². The van der Waals surface area contributed by atoms with Gasteiger partial charge in [-0.05, 0) is 24.3 Å². The van der Waals surface area contributed by atoms with Crippen molar-refractivity contribution in [3.63, 3.8) is 0 Å². The molecule has 0 fully saturated rings. The molecule has 1 aromatic heterocycles. The second-order valence-electron chi connectivity index (χ2n) is 5.25. The Kier molecular flexibility index (Phi) is 4.07. The Morgan fingerprint density at radius 3 is 2.44 bits per heavy atom. The summed E-state index contributed by atoms with van der Waals surface area (Å²) < 4.78 is 1.09. The molecule has 2 aromatic rings. The van der Waals surface area contributed by atoms with Gasteiger partial charge in [0.1, 0.15) is 0 Å². The lowest BCUT2D eigenvalue weighted by Gasteiger charge is -2.13. The van der Waals surface area contributed by atoms with E-state index in [0.29, 0.717) is 0 Å². The van der Waals surface area contributed by atoms with Gasteiger partial charge >= 0.3 is 0 Å². The van der Waals surface area contributed by atoms with E-state index in [2.05, 4.69) is 64.5 Å². The van der Waals surface area contributed by atoms with Crippen LogP contribution >= 0.6 is 27.3 Å². The molecular formula is C14H17BrN2S. The van der Waals surface area contributed by atoms with E-state index in [1.165, 1.54) is 5.01 Å². The van der Waals surface area contributed by atoms with Crippen molar-refractivity contribution in [3.8, 4) is 0 Å². The fraction of sp³-hybridized carbons (Fsp3) is 0.357. The highest BCUT2D eigenvalue weighted by molar-refractivity contribution is 9.10. The molecule has 1 aromatic carbocycles. The minimum atomic E-state index is 0.139. The molecule has 18 heavy (non-hydrogen) atoms. The summed E-state index contributed by atoms with van der Waals surface area (Å²) in [6.45, 7) is 7.35. The van der Waals surface area contributed by atoms with Crippen molar-refractivity contribution in [1.82, 2.24) is 4.98 Å². The molecule has 96 valence electrons. The molecule has 1 heterocycles. The Morgan fingerprint density at radius 1 is 1.22 bits per heavy atom. The molecule has 4 heteroatoms. The fourth-order valence-electron chi connectivity index (χ4n) is 1.49. The third-order valence-electron chi connectivity index (χ3n) is 2.51. The van der Waals surface area contributed by atoms with Crippen LogP contribution in [0.3, 0.4) is 0 Å². The number of nitrogens with one attached hydrogen (secondary N) is 1. The first kappa shape index (κ1) is 13.6. The number of benzene rings is 1. The summed E-state index contributed by atoms with van der Waals surface area (Å²) in [7, 11) is 0. The van der Waals surface area contributed by atoms with Crippen LogP contribution in [-0.2, 0) is 12.0 Å². The first-order valence-corrected chi connectivity index (χ1v) is 7.57. The van der Waals surface area contributed by atoms with Gasteiger partial charge in [-0.2, -0.15) is 0 Å². The van der Waals surface area contributed by atoms with Gasteiger partial charge in [0.2, 0.25) is 0 Å². The molecule has 0 radical (unpaired) electrons. The van der Waals surface area contributed by atoms with Crippen molar-refractivity contribution < 1.29 is 0 Å². The minimum Gasteiger partial charge on any atom is -0.379 e. The van der Waals surface area contributed by atoms with Gasteiger partial charge in [0, 0.05) is 21.0 Å². The second-order valence-corrected chi connectivity index (χ2v) is 7.03. The number of halogens is 1. The van der Waals surface area contributed by atoms with Gasteiger partial charge in [-0.25, -0.2) is 4.98 Å². The quantitative estimate of drug-likeness (QED) is 0.875. The third-order valence-corrected chi connectivity index (χ3v) is 4.36. The molecule has 0 unspecified atom stereocenters.